The van der Waals surface area contributed by atoms with Crippen LogP contribution in [0.25, 0.3) is 0 Å². The molecule has 0 radical (unpaired) electrons. The van der Waals surface area contributed by atoms with Gasteiger partial charge in [-0.2, -0.15) is 0 Å². The van der Waals surface area contributed by atoms with E-state index < -0.39 is 23.1 Å². The van der Waals surface area contributed by atoms with Gasteiger partial charge in [0.05, 0.1) is 0 Å². The summed E-state index contributed by atoms with van der Waals surface area (Å²) < 4.78 is 18.8. The summed E-state index contributed by atoms with van der Waals surface area (Å²) in [7, 11) is 0. The lowest BCUT2D eigenvalue weighted by Crippen LogP contribution is -2.42. The summed E-state index contributed by atoms with van der Waals surface area (Å²) in [5.74, 6) is -2.21. The molecule has 2 N–H and O–H groups in total. The number of aromatic hydroxyl groups is 1. The maximum absolute atomic E-state index is 13.5. The minimum Gasteiger partial charge on any atom is -0.505 e. The van der Waals surface area contributed by atoms with Gasteiger partial charge in [0.2, 0.25) is 5.60 Å². The number of hydrogen-bond donors (Lipinski definition) is 2. The molecule has 0 spiro atoms. The quantitative estimate of drug-likeness (QED) is 0.805. The highest BCUT2D eigenvalue weighted by Gasteiger charge is 2.46. The Balaban J connectivity index is 2.48. The van der Waals surface area contributed by atoms with Crippen molar-refractivity contribution in [1.29, 1.82) is 0 Å². The van der Waals surface area contributed by atoms with E-state index in [2.05, 4.69) is 0 Å². The molecule has 0 aliphatic carbocycles. The van der Waals surface area contributed by atoms with Gasteiger partial charge in [-0.3, -0.25) is 0 Å². The molecule has 1 unspecified atom stereocenters. The van der Waals surface area contributed by atoms with Crippen LogP contribution < -0.4 is 4.74 Å². The summed E-state index contributed by atoms with van der Waals surface area (Å²) in [4.78, 5) is 11.1. The summed E-state index contributed by atoms with van der Waals surface area (Å²) in [6.45, 7) is 1.66. The Kier molecular flexibility index (Phi) is 2.26. The maximum Gasteiger partial charge on any atom is 0.348 e. The van der Waals surface area contributed by atoms with Crippen LogP contribution in [0.5, 0.6) is 11.5 Å². The van der Waals surface area contributed by atoms with Crippen molar-refractivity contribution in [3.63, 3.8) is 0 Å². The monoisotopic (exact) mass is 226 g/mol. The Morgan fingerprint density at radius 3 is 2.88 bits per heavy atom. The third kappa shape index (κ3) is 1.31. The van der Waals surface area contributed by atoms with Crippen molar-refractivity contribution in [3.05, 3.63) is 23.5 Å². The number of carboxylic acid groups (broad SMARTS) is 1. The van der Waals surface area contributed by atoms with Crippen molar-refractivity contribution in [3.8, 4) is 11.5 Å². The second kappa shape index (κ2) is 3.37. The minimum atomic E-state index is -1.41. The molecule has 16 heavy (non-hydrogen) atoms. The fraction of sp³-hybridized carbons (Fsp3) is 0.364. The van der Waals surface area contributed by atoms with E-state index in [1.54, 1.807) is 6.92 Å². The van der Waals surface area contributed by atoms with Gasteiger partial charge in [-0.05, 0) is 18.6 Å². The SMILES string of the molecule is CCC1(C(=O)O)Cc2c(ccc(O)c2F)O1. The Morgan fingerprint density at radius 2 is 2.31 bits per heavy atom. The van der Waals surface area contributed by atoms with Crippen molar-refractivity contribution in [2.45, 2.75) is 25.4 Å². The number of ether oxygens (including phenoxy) is 1. The molecule has 4 nitrogen and oxygen atoms in total. The fourth-order valence-corrected chi connectivity index (χ4v) is 1.85. The van der Waals surface area contributed by atoms with Gasteiger partial charge in [0.15, 0.2) is 11.6 Å². The first kappa shape index (κ1) is 10.7. The van der Waals surface area contributed by atoms with Crippen LogP contribution in [0.1, 0.15) is 18.9 Å². The van der Waals surface area contributed by atoms with Crippen LogP contribution in [0, 0.1) is 5.82 Å². The van der Waals surface area contributed by atoms with Crippen LogP contribution in [0.15, 0.2) is 12.1 Å². The van der Waals surface area contributed by atoms with Crippen LogP contribution in [0.3, 0.4) is 0 Å². The normalized spacial score (nSPS) is 22.6. The highest BCUT2D eigenvalue weighted by atomic mass is 19.1. The molecule has 86 valence electrons. The smallest absolute Gasteiger partial charge is 0.348 e. The second-order valence-electron chi connectivity index (χ2n) is 3.81. The Bertz CT molecular complexity index is 458. The average molecular weight is 226 g/mol. The number of hydrogen-bond acceptors (Lipinski definition) is 3. The number of aliphatic carboxylic acids is 1. The molecule has 0 saturated carbocycles. The first-order valence-electron chi connectivity index (χ1n) is 4.93. The van der Waals surface area contributed by atoms with E-state index >= 15 is 0 Å². The van der Waals surface area contributed by atoms with Gasteiger partial charge < -0.3 is 14.9 Å². The zero-order valence-corrected chi connectivity index (χ0v) is 8.66. The van der Waals surface area contributed by atoms with E-state index in [0.717, 1.165) is 6.07 Å². The molecule has 0 aromatic heterocycles. The standard InChI is InChI=1S/C11H11FO4/c1-2-11(10(14)15)5-6-8(16-11)4-3-7(13)9(6)12/h3-4,13H,2,5H2,1H3,(H,14,15). The third-order valence-corrected chi connectivity index (χ3v) is 2.91. The zero-order valence-electron chi connectivity index (χ0n) is 8.66. The van der Waals surface area contributed by atoms with E-state index in [1.165, 1.54) is 6.07 Å². The largest absolute Gasteiger partial charge is 0.505 e. The van der Waals surface area contributed by atoms with Gasteiger partial charge in [-0.15, -0.1) is 0 Å². The van der Waals surface area contributed by atoms with Crippen LogP contribution in [0.2, 0.25) is 0 Å². The molecule has 1 atom stereocenters. The average Bonchev–Trinajstić information content (AvgIpc) is 2.65. The van der Waals surface area contributed by atoms with E-state index in [9.17, 15) is 14.3 Å². The molecule has 1 heterocycles. The Labute approximate surface area is 91.3 Å². The number of fused-ring (bicyclic) bond motifs is 1. The number of halogens is 1. The van der Waals surface area contributed by atoms with Crippen molar-refractivity contribution >= 4 is 5.97 Å². The minimum absolute atomic E-state index is 0.0611. The first-order valence-corrected chi connectivity index (χ1v) is 4.93. The zero-order chi connectivity index (χ0) is 11.9. The van der Waals surface area contributed by atoms with Crippen LogP contribution in [-0.4, -0.2) is 21.8 Å². The maximum atomic E-state index is 13.5. The predicted molar refractivity (Wildman–Crippen MR) is 53.1 cm³/mol. The lowest BCUT2D eigenvalue weighted by Gasteiger charge is -2.21. The predicted octanol–water partition coefficient (Wildman–Crippen LogP) is 1.70. The first-order chi connectivity index (χ1) is 7.50. The van der Waals surface area contributed by atoms with Crippen LogP contribution in [-0.2, 0) is 11.2 Å². The molecular formula is C11H11FO4. The molecule has 1 aliphatic heterocycles. The van der Waals surface area contributed by atoms with E-state index in [1.807, 2.05) is 0 Å². The molecule has 2 rings (SSSR count). The highest BCUT2D eigenvalue weighted by molar-refractivity contribution is 5.80. The van der Waals surface area contributed by atoms with Crippen molar-refractivity contribution < 1.29 is 24.1 Å². The van der Waals surface area contributed by atoms with Crippen LogP contribution >= 0.6 is 0 Å². The second-order valence-corrected chi connectivity index (χ2v) is 3.81. The summed E-state index contributed by atoms with van der Waals surface area (Å²) in [5.41, 5.74) is -1.28. The molecule has 1 aromatic carbocycles. The molecule has 0 fully saturated rings. The topological polar surface area (TPSA) is 66.8 Å². The van der Waals surface area contributed by atoms with Gasteiger partial charge in [0, 0.05) is 12.0 Å². The lowest BCUT2D eigenvalue weighted by atomic mass is 9.94. The summed E-state index contributed by atoms with van der Waals surface area (Å²) >= 11 is 0. The van der Waals surface area contributed by atoms with Crippen molar-refractivity contribution in [2.24, 2.45) is 0 Å². The van der Waals surface area contributed by atoms with Gasteiger partial charge in [-0.1, -0.05) is 6.92 Å². The number of phenols is 1. The van der Waals surface area contributed by atoms with Crippen LogP contribution in [0.4, 0.5) is 4.39 Å². The molecule has 0 amide bonds. The highest BCUT2D eigenvalue weighted by Crippen LogP contribution is 2.41. The van der Waals surface area contributed by atoms with E-state index in [4.69, 9.17) is 9.84 Å². The van der Waals surface area contributed by atoms with E-state index in [-0.39, 0.29) is 24.2 Å². The molecule has 0 saturated heterocycles. The summed E-state index contributed by atoms with van der Waals surface area (Å²) in [6, 6.07) is 2.54. The van der Waals surface area contributed by atoms with Gasteiger partial charge in [0.25, 0.3) is 0 Å². The van der Waals surface area contributed by atoms with Gasteiger partial charge in [0.1, 0.15) is 5.75 Å². The number of rotatable bonds is 2. The van der Waals surface area contributed by atoms with Gasteiger partial charge in [-0.25, -0.2) is 9.18 Å². The van der Waals surface area contributed by atoms with Crippen molar-refractivity contribution in [2.75, 3.05) is 0 Å². The number of carboxylic acids is 1. The van der Waals surface area contributed by atoms with Gasteiger partial charge >= 0.3 is 5.97 Å². The van der Waals surface area contributed by atoms with Crippen molar-refractivity contribution in [1.82, 2.24) is 0 Å². The number of benzene rings is 1. The molecular weight excluding hydrogens is 215 g/mol. The third-order valence-electron chi connectivity index (χ3n) is 2.91. The summed E-state index contributed by atoms with van der Waals surface area (Å²) in [5, 5.41) is 18.3. The lowest BCUT2D eigenvalue weighted by molar-refractivity contribution is -0.154. The molecule has 5 heteroatoms. The molecule has 0 bridgehead atoms. The Morgan fingerprint density at radius 1 is 1.62 bits per heavy atom. The molecule has 1 aromatic rings. The fourth-order valence-electron chi connectivity index (χ4n) is 1.85. The number of carbonyl (C=O) groups is 1. The summed E-state index contributed by atoms with van der Waals surface area (Å²) in [6.07, 6.45) is 0.172. The molecule has 1 aliphatic rings. The van der Waals surface area contributed by atoms with E-state index in [0.29, 0.717) is 0 Å². The number of phenolic OH excluding ortho intramolecular Hbond substituents is 1. The Hall–Kier alpha value is -1.78.